The van der Waals surface area contributed by atoms with Gasteiger partial charge in [-0.25, -0.2) is 9.50 Å². The molecule has 0 amide bonds. The minimum absolute atomic E-state index is 0.517. The van der Waals surface area contributed by atoms with E-state index in [9.17, 15) is 0 Å². The van der Waals surface area contributed by atoms with Crippen molar-refractivity contribution in [3.05, 3.63) is 39.8 Å². The molecule has 0 bridgehead atoms. The van der Waals surface area contributed by atoms with E-state index in [1.54, 1.807) is 15.9 Å². The lowest BCUT2D eigenvalue weighted by Gasteiger charge is -1.94. The Bertz CT molecular complexity index is 673. The van der Waals surface area contributed by atoms with E-state index in [1.165, 1.54) is 0 Å². The topological polar surface area (TPSA) is 56.2 Å². The van der Waals surface area contributed by atoms with Crippen molar-refractivity contribution in [3.63, 3.8) is 0 Å². The second-order valence-corrected chi connectivity index (χ2v) is 6.04. The Morgan fingerprint density at radius 2 is 2.24 bits per heavy atom. The molecule has 0 aliphatic carbocycles. The maximum absolute atomic E-state index is 5.60. The number of nitrogens with zero attached hydrogens (tertiary/aromatic N) is 3. The van der Waals surface area contributed by atoms with E-state index in [0.717, 1.165) is 25.7 Å². The first-order valence-corrected chi connectivity index (χ1v) is 6.68. The Kier molecular flexibility index (Phi) is 2.70. The van der Waals surface area contributed by atoms with Crippen LogP contribution in [0.2, 0.25) is 0 Å². The molecule has 0 unspecified atom stereocenters. The van der Waals surface area contributed by atoms with Crippen LogP contribution in [0.1, 0.15) is 5.56 Å². The molecule has 3 rings (SSSR count). The maximum Gasteiger partial charge on any atom is 0.192 e. The molecule has 6 heteroatoms. The minimum atomic E-state index is 0.517. The Morgan fingerprint density at radius 1 is 1.35 bits per heavy atom. The molecule has 0 spiro atoms. The quantitative estimate of drug-likeness (QED) is 0.792. The average Bonchev–Trinajstić information content (AvgIpc) is 2.93. The van der Waals surface area contributed by atoms with Crippen LogP contribution in [0.3, 0.4) is 0 Å². The third kappa shape index (κ3) is 1.99. The smallest absolute Gasteiger partial charge is 0.192 e. The van der Waals surface area contributed by atoms with E-state index in [4.69, 9.17) is 5.73 Å². The van der Waals surface area contributed by atoms with Gasteiger partial charge < -0.3 is 5.73 Å². The van der Waals surface area contributed by atoms with E-state index in [0.29, 0.717) is 6.54 Å². The Hall–Kier alpha value is -1.24. The highest BCUT2D eigenvalue weighted by Crippen LogP contribution is 2.29. The van der Waals surface area contributed by atoms with Gasteiger partial charge in [-0.05, 0) is 45.8 Å². The standard InChI is InChI=1S/C11H9BrN4S/c12-9-2-1-8(17-9)11-14-10-5-7(6-13)3-4-16(10)15-11/h1-5H,6,13H2. The number of fused-ring (bicyclic) bond motifs is 1. The Morgan fingerprint density at radius 3 is 2.94 bits per heavy atom. The number of hydrogen-bond donors (Lipinski definition) is 1. The summed E-state index contributed by atoms with van der Waals surface area (Å²) in [4.78, 5) is 5.54. The predicted octanol–water partition coefficient (Wildman–Crippen LogP) is 2.68. The van der Waals surface area contributed by atoms with Crippen LogP contribution < -0.4 is 5.73 Å². The highest BCUT2D eigenvalue weighted by molar-refractivity contribution is 9.11. The molecule has 3 heterocycles. The molecule has 86 valence electrons. The second kappa shape index (κ2) is 4.21. The molecule has 3 aromatic heterocycles. The molecule has 0 radical (unpaired) electrons. The summed E-state index contributed by atoms with van der Waals surface area (Å²) in [5.41, 5.74) is 7.49. The summed E-state index contributed by atoms with van der Waals surface area (Å²) in [6.45, 7) is 0.517. The summed E-state index contributed by atoms with van der Waals surface area (Å²) in [6.07, 6.45) is 1.89. The van der Waals surface area contributed by atoms with Crippen molar-refractivity contribution >= 4 is 32.9 Å². The van der Waals surface area contributed by atoms with Crippen LogP contribution in [-0.2, 0) is 6.54 Å². The lowest BCUT2D eigenvalue weighted by Crippen LogP contribution is -1.97. The fourth-order valence-corrected chi connectivity index (χ4v) is 2.90. The first kappa shape index (κ1) is 10.9. The molecule has 2 N–H and O–H groups in total. The number of rotatable bonds is 2. The largest absolute Gasteiger partial charge is 0.326 e. The molecule has 0 aromatic carbocycles. The van der Waals surface area contributed by atoms with Gasteiger partial charge in [0.15, 0.2) is 11.5 Å². The zero-order valence-corrected chi connectivity index (χ0v) is 11.2. The van der Waals surface area contributed by atoms with Crippen molar-refractivity contribution in [2.75, 3.05) is 0 Å². The van der Waals surface area contributed by atoms with Crippen LogP contribution in [0, 0.1) is 0 Å². The van der Waals surface area contributed by atoms with Crippen LogP contribution in [0.25, 0.3) is 16.3 Å². The highest BCUT2D eigenvalue weighted by atomic mass is 79.9. The first-order valence-electron chi connectivity index (χ1n) is 5.07. The van der Waals surface area contributed by atoms with Gasteiger partial charge in [-0.3, -0.25) is 0 Å². The number of nitrogens with two attached hydrogens (primary N) is 1. The number of thiophene rings is 1. The van der Waals surface area contributed by atoms with E-state index in [-0.39, 0.29) is 0 Å². The van der Waals surface area contributed by atoms with Gasteiger partial charge in [0.25, 0.3) is 0 Å². The fourth-order valence-electron chi connectivity index (χ4n) is 1.59. The van der Waals surface area contributed by atoms with Crippen molar-refractivity contribution in [1.29, 1.82) is 0 Å². The zero-order valence-electron chi connectivity index (χ0n) is 8.80. The summed E-state index contributed by atoms with van der Waals surface area (Å²) in [5, 5.41) is 4.43. The summed E-state index contributed by atoms with van der Waals surface area (Å²) >= 11 is 5.06. The molecular weight excluding hydrogens is 300 g/mol. The number of pyridine rings is 1. The Balaban J connectivity index is 2.13. The minimum Gasteiger partial charge on any atom is -0.326 e. The highest BCUT2D eigenvalue weighted by Gasteiger charge is 2.08. The molecule has 0 aliphatic rings. The molecule has 0 saturated carbocycles. The normalized spacial score (nSPS) is 11.2. The third-order valence-corrected chi connectivity index (χ3v) is 4.05. The molecule has 3 aromatic rings. The van der Waals surface area contributed by atoms with Gasteiger partial charge in [0.1, 0.15) is 0 Å². The van der Waals surface area contributed by atoms with Crippen LogP contribution in [0.5, 0.6) is 0 Å². The molecule has 17 heavy (non-hydrogen) atoms. The van der Waals surface area contributed by atoms with Gasteiger partial charge in [-0.2, -0.15) is 0 Å². The molecular formula is C11H9BrN4S. The summed E-state index contributed by atoms with van der Waals surface area (Å²) in [5.74, 6) is 0.745. The number of aromatic nitrogens is 3. The lowest BCUT2D eigenvalue weighted by molar-refractivity contribution is 0.952. The zero-order chi connectivity index (χ0) is 11.8. The molecule has 0 fully saturated rings. The van der Waals surface area contributed by atoms with Crippen molar-refractivity contribution in [1.82, 2.24) is 14.6 Å². The molecule has 4 nitrogen and oxygen atoms in total. The van der Waals surface area contributed by atoms with E-state index in [1.807, 2.05) is 30.5 Å². The van der Waals surface area contributed by atoms with Gasteiger partial charge in [0.2, 0.25) is 0 Å². The predicted molar refractivity (Wildman–Crippen MR) is 71.9 cm³/mol. The van der Waals surface area contributed by atoms with Crippen molar-refractivity contribution in [2.24, 2.45) is 5.73 Å². The number of hydrogen-bond acceptors (Lipinski definition) is 4. The SMILES string of the molecule is NCc1ccn2nc(-c3ccc(Br)s3)nc2c1. The molecule has 0 aliphatic heterocycles. The molecule has 0 saturated heterocycles. The first-order chi connectivity index (χ1) is 8.26. The van der Waals surface area contributed by atoms with Crippen LogP contribution >= 0.6 is 27.3 Å². The average molecular weight is 309 g/mol. The van der Waals surface area contributed by atoms with E-state index < -0.39 is 0 Å². The third-order valence-electron chi connectivity index (χ3n) is 2.43. The van der Waals surface area contributed by atoms with Gasteiger partial charge >= 0.3 is 0 Å². The van der Waals surface area contributed by atoms with Crippen LogP contribution in [-0.4, -0.2) is 14.6 Å². The van der Waals surface area contributed by atoms with Gasteiger partial charge in [-0.1, -0.05) is 0 Å². The lowest BCUT2D eigenvalue weighted by atomic mass is 10.3. The second-order valence-electron chi connectivity index (χ2n) is 3.58. The summed E-state index contributed by atoms with van der Waals surface area (Å²) < 4.78 is 2.84. The van der Waals surface area contributed by atoms with Gasteiger partial charge in [0.05, 0.1) is 8.66 Å². The summed E-state index contributed by atoms with van der Waals surface area (Å²) in [7, 11) is 0. The van der Waals surface area contributed by atoms with Gasteiger partial charge in [0, 0.05) is 12.7 Å². The van der Waals surface area contributed by atoms with Gasteiger partial charge in [-0.15, -0.1) is 16.4 Å². The Labute approximate surface area is 110 Å². The number of halogens is 1. The van der Waals surface area contributed by atoms with E-state index in [2.05, 4.69) is 26.0 Å². The maximum atomic E-state index is 5.60. The monoisotopic (exact) mass is 308 g/mol. The molecule has 0 atom stereocenters. The summed E-state index contributed by atoms with van der Waals surface area (Å²) in [6, 6.07) is 7.92. The fraction of sp³-hybridized carbons (Fsp3) is 0.0909. The van der Waals surface area contributed by atoms with Crippen molar-refractivity contribution in [2.45, 2.75) is 6.54 Å². The van der Waals surface area contributed by atoms with Crippen molar-refractivity contribution in [3.8, 4) is 10.7 Å². The van der Waals surface area contributed by atoms with Crippen molar-refractivity contribution < 1.29 is 0 Å². The van der Waals surface area contributed by atoms with E-state index >= 15 is 0 Å². The van der Waals surface area contributed by atoms with Crippen LogP contribution in [0.4, 0.5) is 0 Å². The van der Waals surface area contributed by atoms with Crippen LogP contribution in [0.15, 0.2) is 34.2 Å².